The summed E-state index contributed by atoms with van der Waals surface area (Å²) < 4.78 is 11.4. The Hall–Kier alpha value is -2.84. The van der Waals surface area contributed by atoms with Crippen molar-refractivity contribution in [2.45, 2.75) is 20.8 Å². The van der Waals surface area contributed by atoms with E-state index in [1.54, 1.807) is 0 Å². The van der Waals surface area contributed by atoms with E-state index in [1.807, 2.05) is 0 Å². The van der Waals surface area contributed by atoms with Crippen molar-refractivity contribution in [3.63, 3.8) is 0 Å². The van der Waals surface area contributed by atoms with E-state index in [0.717, 1.165) is 0 Å². The van der Waals surface area contributed by atoms with Crippen LogP contribution in [0, 0.1) is 20.8 Å². The molecule has 0 atom stereocenters. The summed E-state index contributed by atoms with van der Waals surface area (Å²) >= 11 is -2.56. The molecule has 0 aliphatic rings. The third kappa shape index (κ3) is 3.27. The van der Waals surface area contributed by atoms with Crippen molar-refractivity contribution < 1.29 is 0 Å². The molecule has 0 bridgehead atoms. The number of benzene rings is 3. The van der Waals surface area contributed by atoms with E-state index < -0.39 is 21.8 Å². The molecular weight excluding hydrogens is 611 g/mol. The molecule has 3 nitrogen and oxygen atoms in total. The van der Waals surface area contributed by atoms with Crippen LogP contribution in [0.5, 0.6) is 0 Å². The Balaban J connectivity index is 1.62. The van der Waals surface area contributed by atoms with Gasteiger partial charge in [0.05, 0.1) is 0 Å². The minimum atomic E-state index is -2.56. The number of aromatic nitrogens is 3. The second-order valence-electron chi connectivity index (χ2n) is 9.71. The van der Waals surface area contributed by atoms with Crippen LogP contribution in [0.15, 0.2) is 73.2 Å². The van der Waals surface area contributed by atoms with Crippen molar-refractivity contribution in [1.82, 2.24) is 13.7 Å². The molecule has 0 amide bonds. The summed E-state index contributed by atoms with van der Waals surface area (Å²) in [6, 6.07) is 21.7. The Morgan fingerprint density at radius 1 is 0.471 bits per heavy atom. The topological polar surface area (TPSA) is 14.8 Å². The van der Waals surface area contributed by atoms with Gasteiger partial charge in [-0.1, -0.05) is 0 Å². The van der Waals surface area contributed by atoms with Gasteiger partial charge in [0.25, 0.3) is 0 Å². The first-order valence-electron chi connectivity index (χ1n) is 11.8. The Bertz CT molecular complexity index is 1520. The van der Waals surface area contributed by atoms with Gasteiger partial charge < -0.3 is 0 Å². The van der Waals surface area contributed by atoms with Gasteiger partial charge in [0.15, 0.2) is 0 Å². The zero-order valence-corrected chi connectivity index (χ0v) is 24.2. The first-order valence-corrected chi connectivity index (χ1v) is 17.0. The van der Waals surface area contributed by atoms with Crippen LogP contribution in [0.2, 0.25) is 0 Å². The molecule has 0 radical (unpaired) electrons. The number of aryl methyl sites for hydroxylation is 6. The maximum atomic E-state index is 2.49. The van der Waals surface area contributed by atoms with E-state index in [9.17, 15) is 0 Å². The van der Waals surface area contributed by atoms with Crippen LogP contribution in [-0.2, 0) is 21.1 Å². The molecule has 170 valence electrons. The summed E-state index contributed by atoms with van der Waals surface area (Å²) in [6.07, 6.45) is 6.74. The molecule has 0 spiro atoms. The average molecular weight is 642 g/mol. The molecule has 0 saturated heterocycles. The summed E-state index contributed by atoms with van der Waals surface area (Å²) in [4.78, 5) is 0. The summed E-state index contributed by atoms with van der Waals surface area (Å²) in [6.45, 7) is 6.69. The fourth-order valence-electron chi connectivity index (χ4n) is 5.60. The first-order chi connectivity index (χ1) is 16.3. The van der Waals surface area contributed by atoms with E-state index >= 15 is 0 Å². The van der Waals surface area contributed by atoms with Crippen molar-refractivity contribution in [2.75, 3.05) is 0 Å². The molecule has 0 aliphatic heterocycles. The molecular formula is C30H30BiN3. The van der Waals surface area contributed by atoms with E-state index in [-0.39, 0.29) is 0 Å². The van der Waals surface area contributed by atoms with Crippen molar-refractivity contribution in [3.05, 3.63) is 89.9 Å². The molecule has 0 N–H and O–H groups in total. The molecule has 6 rings (SSSR count). The molecule has 4 heteroatoms. The zero-order chi connectivity index (χ0) is 23.7. The minimum absolute atomic E-state index is 1.31. The quantitative estimate of drug-likeness (QED) is 0.251. The van der Waals surface area contributed by atoms with Gasteiger partial charge in [0.2, 0.25) is 0 Å². The van der Waals surface area contributed by atoms with E-state index in [4.69, 9.17) is 0 Å². The standard InChI is InChI=1S/3C10H10N.Bi/c3*1-8-7-11(2)10-6-4-3-5-9(8)10;/h3*4-7H,1-2H3;. The van der Waals surface area contributed by atoms with Gasteiger partial charge in [-0.05, 0) is 0 Å². The van der Waals surface area contributed by atoms with Crippen LogP contribution < -0.4 is 9.81 Å². The van der Waals surface area contributed by atoms with E-state index in [1.165, 1.54) is 59.2 Å². The zero-order valence-electron chi connectivity index (χ0n) is 20.7. The molecule has 0 saturated carbocycles. The van der Waals surface area contributed by atoms with Crippen molar-refractivity contribution >= 4 is 64.3 Å². The maximum absolute atomic E-state index is 2.56. The Kier molecular flexibility index (Phi) is 5.01. The Labute approximate surface area is 208 Å². The number of fused-ring (bicyclic) bond motifs is 3. The van der Waals surface area contributed by atoms with Gasteiger partial charge in [-0.2, -0.15) is 0 Å². The molecule has 3 heterocycles. The predicted octanol–water partition coefficient (Wildman–Crippen LogP) is 4.60. The SMILES string of the molecule is Cc1cn(C)c2cc[c]([Bi]([c]3ccc4c(c3)c(C)cn4C)[c]3ccc4c(c3)c(C)cn4C)cc12. The van der Waals surface area contributed by atoms with E-state index in [0.29, 0.717) is 0 Å². The fourth-order valence-corrected chi connectivity index (χ4v) is 14.7. The number of hydrogen-bond acceptors (Lipinski definition) is 0. The number of nitrogens with zero attached hydrogens (tertiary/aromatic N) is 3. The Morgan fingerprint density at radius 2 is 0.765 bits per heavy atom. The second-order valence-corrected chi connectivity index (χ2v) is 18.3. The van der Waals surface area contributed by atoms with Crippen LogP contribution in [0.25, 0.3) is 32.7 Å². The van der Waals surface area contributed by atoms with Crippen LogP contribution in [0.1, 0.15) is 16.7 Å². The number of rotatable bonds is 3. The molecule has 3 aromatic heterocycles. The molecule has 0 fully saturated rings. The van der Waals surface area contributed by atoms with Crippen molar-refractivity contribution in [3.8, 4) is 0 Å². The van der Waals surface area contributed by atoms with Crippen molar-refractivity contribution in [2.24, 2.45) is 21.1 Å². The third-order valence-corrected chi connectivity index (χ3v) is 16.6. The molecule has 34 heavy (non-hydrogen) atoms. The third-order valence-electron chi connectivity index (χ3n) is 7.29. The summed E-state index contributed by atoms with van der Waals surface area (Å²) in [5.41, 5.74) is 8.00. The van der Waals surface area contributed by atoms with Gasteiger partial charge in [0.1, 0.15) is 0 Å². The van der Waals surface area contributed by atoms with E-state index in [2.05, 4.69) is 129 Å². The summed E-state index contributed by atoms with van der Waals surface area (Å²) in [5, 5.41) is 4.15. The van der Waals surface area contributed by atoms with Crippen LogP contribution in [-0.4, -0.2) is 35.5 Å². The van der Waals surface area contributed by atoms with Gasteiger partial charge >= 0.3 is 210 Å². The van der Waals surface area contributed by atoms with Gasteiger partial charge in [-0.25, -0.2) is 0 Å². The molecule has 0 aliphatic carbocycles. The molecule has 6 aromatic rings. The Morgan fingerprint density at radius 3 is 1.06 bits per heavy atom. The van der Waals surface area contributed by atoms with Crippen LogP contribution in [0.3, 0.4) is 0 Å². The van der Waals surface area contributed by atoms with Crippen molar-refractivity contribution in [1.29, 1.82) is 0 Å². The molecule has 3 aromatic carbocycles. The summed E-state index contributed by atoms with van der Waals surface area (Å²) in [7, 11) is 6.44. The second kappa shape index (κ2) is 7.85. The summed E-state index contributed by atoms with van der Waals surface area (Å²) in [5.74, 6) is 0. The van der Waals surface area contributed by atoms with Crippen LogP contribution in [0.4, 0.5) is 0 Å². The average Bonchev–Trinajstić information content (AvgIpc) is 3.38. The monoisotopic (exact) mass is 641 g/mol. The van der Waals surface area contributed by atoms with Gasteiger partial charge in [-0.15, -0.1) is 0 Å². The first kappa shape index (κ1) is 21.7. The molecule has 0 unspecified atom stereocenters. The number of hydrogen-bond donors (Lipinski definition) is 0. The normalized spacial score (nSPS) is 12.1. The van der Waals surface area contributed by atoms with Gasteiger partial charge in [-0.3, -0.25) is 0 Å². The van der Waals surface area contributed by atoms with Crippen LogP contribution >= 0.6 is 0 Å². The predicted molar refractivity (Wildman–Crippen MR) is 148 cm³/mol. The fraction of sp³-hybridized carbons (Fsp3) is 0.200. The van der Waals surface area contributed by atoms with Gasteiger partial charge in [0, 0.05) is 0 Å².